The lowest BCUT2D eigenvalue weighted by atomic mass is 10.1. The first-order chi connectivity index (χ1) is 5.88. The van der Waals surface area contributed by atoms with E-state index < -0.39 is 0 Å². The predicted molar refractivity (Wildman–Crippen MR) is 43.0 cm³/mol. The first kappa shape index (κ1) is 9.87. The molecule has 0 unspecified atom stereocenters. The van der Waals surface area contributed by atoms with Crippen LogP contribution in [0.2, 0.25) is 0 Å². The Hall–Kier alpha value is -2.13. The maximum atomic E-state index is 8.45. The van der Waals surface area contributed by atoms with Gasteiger partial charge in [-0.25, -0.2) is 0 Å². The summed E-state index contributed by atoms with van der Waals surface area (Å²) in [5.74, 6) is 0. The van der Waals surface area contributed by atoms with E-state index >= 15 is 0 Å². The average Bonchev–Trinajstić information content (AvgIpc) is 2.20. The van der Waals surface area contributed by atoms with Crippen molar-refractivity contribution in [2.75, 3.05) is 0 Å². The third kappa shape index (κ3) is 2.24. The second-order valence-corrected chi connectivity index (χ2v) is 1.77. The van der Waals surface area contributed by atoms with Crippen LogP contribution in [0.4, 0.5) is 0 Å². The molecule has 0 atom stereocenters. The van der Waals surface area contributed by atoms with E-state index in [1.165, 1.54) is 0 Å². The van der Waals surface area contributed by atoms with E-state index in [9.17, 15) is 0 Å². The van der Waals surface area contributed by atoms with Crippen LogP contribution in [-0.2, 0) is 4.79 Å². The molecule has 0 aromatic heterocycles. The molecular formula is C9H6N2O. The summed E-state index contributed by atoms with van der Waals surface area (Å²) in [6, 6.07) is 10.6. The largest absolute Gasteiger partial charge is 0.307 e. The van der Waals surface area contributed by atoms with E-state index in [4.69, 9.17) is 15.3 Å². The molecule has 12 heavy (non-hydrogen) atoms. The monoisotopic (exact) mass is 158 g/mol. The number of rotatable bonds is 0. The van der Waals surface area contributed by atoms with Gasteiger partial charge < -0.3 is 4.79 Å². The van der Waals surface area contributed by atoms with Crippen LogP contribution in [0.25, 0.3) is 0 Å². The second-order valence-electron chi connectivity index (χ2n) is 1.77. The number of carbonyl (C=O) groups excluding carboxylic acids is 1. The van der Waals surface area contributed by atoms with Crippen LogP contribution in [0, 0.1) is 22.7 Å². The molecule has 0 N–H and O–H groups in total. The number of nitrogens with zero attached hydrogens (tertiary/aromatic N) is 2. The van der Waals surface area contributed by atoms with Gasteiger partial charge in [-0.15, -0.1) is 0 Å². The zero-order valence-corrected chi connectivity index (χ0v) is 6.32. The fraction of sp³-hybridized carbons (Fsp3) is 0. The summed E-state index contributed by atoms with van der Waals surface area (Å²) in [6.45, 7) is 2.00. The molecule has 0 amide bonds. The zero-order valence-electron chi connectivity index (χ0n) is 6.32. The van der Waals surface area contributed by atoms with E-state index in [-0.39, 0.29) is 0 Å². The normalized spacial score (nSPS) is 6.83. The summed E-state index contributed by atoms with van der Waals surface area (Å²) >= 11 is 0. The highest BCUT2D eigenvalue weighted by atomic mass is 16.1. The van der Waals surface area contributed by atoms with Crippen molar-refractivity contribution in [3.05, 3.63) is 35.4 Å². The number of nitriles is 2. The Bertz CT molecular complexity index is 300. The molecule has 3 heteroatoms. The van der Waals surface area contributed by atoms with Crippen molar-refractivity contribution >= 4 is 6.79 Å². The Labute approximate surface area is 70.5 Å². The quantitative estimate of drug-likeness (QED) is 0.570. The Kier molecular flexibility index (Phi) is 4.64. The highest BCUT2D eigenvalue weighted by Crippen LogP contribution is 2.03. The minimum Gasteiger partial charge on any atom is -0.307 e. The first-order valence-electron chi connectivity index (χ1n) is 3.06. The Morgan fingerprint density at radius 2 is 1.33 bits per heavy atom. The van der Waals surface area contributed by atoms with Crippen molar-refractivity contribution in [2.45, 2.75) is 0 Å². The fourth-order valence-electron chi connectivity index (χ4n) is 0.678. The van der Waals surface area contributed by atoms with E-state index in [1.807, 2.05) is 18.9 Å². The molecule has 1 rings (SSSR count). The van der Waals surface area contributed by atoms with Gasteiger partial charge in [0.05, 0.1) is 11.1 Å². The van der Waals surface area contributed by atoms with Crippen molar-refractivity contribution in [1.82, 2.24) is 0 Å². The van der Waals surface area contributed by atoms with Gasteiger partial charge in [0.25, 0.3) is 0 Å². The van der Waals surface area contributed by atoms with Gasteiger partial charge in [0.2, 0.25) is 0 Å². The van der Waals surface area contributed by atoms with E-state index in [2.05, 4.69) is 0 Å². The summed E-state index contributed by atoms with van der Waals surface area (Å²) in [7, 11) is 0. The minimum atomic E-state index is 0.435. The first-order valence-corrected chi connectivity index (χ1v) is 3.06. The molecule has 0 bridgehead atoms. The molecule has 0 aliphatic carbocycles. The second kappa shape index (κ2) is 5.64. The molecule has 3 nitrogen and oxygen atoms in total. The Morgan fingerprint density at radius 1 is 1.00 bits per heavy atom. The molecule has 0 radical (unpaired) electrons. The third-order valence-corrected chi connectivity index (χ3v) is 1.17. The zero-order chi connectivity index (χ0) is 9.40. The lowest BCUT2D eigenvalue weighted by Gasteiger charge is -1.88. The van der Waals surface area contributed by atoms with Crippen molar-refractivity contribution < 1.29 is 4.79 Å². The van der Waals surface area contributed by atoms with Gasteiger partial charge in [-0.3, -0.25) is 0 Å². The minimum absolute atomic E-state index is 0.435. The fourth-order valence-corrected chi connectivity index (χ4v) is 0.678. The smallest absolute Gasteiger partial charge is 0.106 e. The van der Waals surface area contributed by atoms with Crippen molar-refractivity contribution in [1.29, 1.82) is 10.5 Å². The molecule has 1 aromatic rings. The summed E-state index contributed by atoms with van der Waals surface area (Å²) in [4.78, 5) is 8.00. The molecule has 0 aliphatic rings. The lowest BCUT2D eigenvalue weighted by Crippen LogP contribution is -1.79. The highest BCUT2D eigenvalue weighted by Gasteiger charge is 1.95. The molecule has 0 fully saturated rings. The maximum absolute atomic E-state index is 8.45. The number of hydrogen-bond acceptors (Lipinski definition) is 3. The van der Waals surface area contributed by atoms with Gasteiger partial charge in [-0.1, -0.05) is 12.1 Å². The van der Waals surface area contributed by atoms with Gasteiger partial charge >= 0.3 is 0 Å². The molecular weight excluding hydrogens is 152 g/mol. The molecule has 0 saturated carbocycles. The molecule has 0 heterocycles. The molecule has 0 saturated heterocycles. The van der Waals surface area contributed by atoms with Crippen LogP contribution in [0.3, 0.4) is 0 Å². The SMILES string of the molecule is C=O.N#Cc1ccccc1C#N. The molecule has 58 valence electrons. The maximum Gasteiger partial charge on any atom is 0.106 e. The standard InChI is InChI=1S/C8H4N2.CH2O/c9-5-7-3-1-2-4-8(7)6-10;1-2/h1-4H;1H2. The van der Waals surface area contributed by atoms with E-state index in [0.29, 0.717) is 11.1 Å². The van der Waals surface area contributed by atoms with E-state index in [1.54, 1.807) is 24.3 Å². The van der Waals surface area contributed by atoms with Gasteiger partial charge in [-0.2, -0.15) is 10.5 Å². The number of carbonyl (C=O) groups is 1. The third-order valence-electron chi connectivity index (χ3n) is 1.17. The number of hydrogen-bond donors (Lipinski definition) is 0. The summed E-state index contributed by atoms with van der Waals surface area (Å²) < 4.78 is 0. The highest BCUT2D eigenvalue weighted by molar-refractivity contribution is 5.44. The van der Waals surface area contributed by atoms with Gasteiger partial charge in [0, 0.05) is 0 Å². The van der Waals surface area contributed by atoms with Gasteiger partial charge in [-0.05, 0) is 12.1 Å². The average molecular weight is 158 g/mol. The van der Waals surface area contributed by atoms with Crippen LogP contribution in [-0.4, -0.2) is 6.79 Å². The van der Waals surface area contributed by atoms with Crippen molar-refractivity contribution in [2.24, 2.45) is 0 Å². The number of benzene rings is 1. The van der Waals surface area contributed by atoms with Crippen molar-refractivity contribution in [3.8, 4) is 12.1 Å². The lowest BCUT2D eigenvalue weighted by molar-refractivity contribution is -0.0979. The molecule has 1 aromatic carbocycles. The molecule has 0 spiro atoms. The van der Waals surface area contributed by atoms with Crippen LogP contribution >= 0.6 is 0 Å². The van der Waals surface area contributed by atoms with Gasteiger partial charge in [0.1, 0.15) is 18.9 Å². The Balaban J connectivity index is 0.000000561. The van der Waals surface area contributed by atoms with Crippen LogP contribution in [0.15, 0.2) is 24.3 Å². The topological polar surface area (TPSA) is 64.7 Å². The van der Waals surface area contributed by atoms with Crippen LogP contribution < -0.4 is 0 Å². The van der Waals surface area contributed by atoms with Gasteiger partial charge in [0.15, 0.2) is 0 Å². The van der Waals surface area contributed by atoms with Crippen LogP contribution in [0.1, 0.15) is 11.1 Å². The summed E-state index contributed by atoms with van der Waals surface area (Å²) in [5, 5.41) is 16.9. The van der Waals surface area contributed by atoms with Crippen molar-refractivity contribution in [3.63, 3.8) is 0 Å². The molecule has 0 aliphatic heterocycles. The summed E-state index contributed by atoms with van der Waals surface area (Å²) in [6.07, 6.45) is 0. The summed E-state index contributed by atoms with van der Waals surface area (Å²) in [5.41, 5.74) is 0.870. The predicted octanol–water partition coefficient (Wildman–Crippen LogP) is 1.25. The van der Waals surface area contributed by atoms with Crippen LogP contribution in [0.5, 0.6) is 0 Å². The van der Waals surface area contributed by atoms with E-state index in [0.717, 1.165) is 0 Å². The Morgan fingerprint density at radius 3 is 1.58 bits per heavy atom.